The van der Waals surface area contributed by atoms with E-state index in [1.54, 1.807) is 0 Å². The summed E-state index contributed by atoms with van der Waals surface area (Å²) in [7, 11) is 0. The lowest BCUT2D eigenvalue weighted by Gasteiger charge is -2.11. The van der Waals surface area contributed by atoms with Gasteiger partial charge in [0.15, 0.2) is 0 Å². The van der Waals surface area contributed by atoms with Gasteiger partial charge < -0.3 is 0 Å². The van der Waals surface area contributed by atoms with Gasteiger partial charge in [0.1, 0.15) is 0 Å². The molecule has 0 bridgehead atoms. The molecule has 0 aliphatic carbocycles. The molecule has 0 atom stereocenters. The third-order valence-corrected chi connectivity index (χ3v) is 2.27. The summed E-state index contributed by atoms with van der Waals surface area (Å²) in [6.07, 6.45) is 0. The van der Waals surface area contributed by atoms with E-state index in [1.807, 2.05) is 0 Å². The molecule has 0 spiro atoms. The summed E-state index contributed by atoms with van der Waals surface area (Å²) in [5.41, 5.74) is -0.395. The Bertz CT molecular complexity index is 276. The topological polar surface area (TPSA) is 0 Å². The van der Waals surface area contributed by atoms with Gasteiger partial charge in [-0.05, 0) is 28.1 Å². The van der Waals surface area contributed by atoms with Crippen LogP contribution in [0, 0.1) is 0 Å². The molecule has 12 heavy (non-hydrogen) atoms. The van der Waals surface area contributed by atoms with Gasteiger partial charge in [0, 0.05) is 0 Å². The van der Waals surface area contributed by atoms with Crippen molar-refractivity contribution in [1.29, 1.82) is 0 Å². The summed E-state index contributed by atoms with van der Waals surface area (Å²) in [6.45, 7) is 0. The molecule has 0 unspecified atom stereocenters. The lowest BCUT2D eigenvalue weighted by Crippen LogP contribution is -2.04. The largest absolute Gasteiger partial charge is 0.329 e. The zero-order valence-corrected chi connectivity index (χ0v) is 8.72. The average molecular weight is 276 g/mol. The van der Waals surface area contributed by atoms with E-state index in [0.717, 1.165) is 0 Å². The summed E-state index contributed by atoms with van der Waals surface area (Å²) in [5.74, 6) is 0. The minimum absolute atomic E-state index is 0.0515. The zero-order chi connectivity index (χ0) is 9.35. The summed E-state index contributed by atoms with van der Waals surface area (Å²) >= 11 is 13.2. The maximum absolute atomic E-state index is 12.7. The molecule has 5 heteroatoms. The summed E-state index contributed by atoms with van der Waals surface area (Å²) < 4.78 is 25.4. The first-order valence-electron chi connectivity index (χ1n) is 2.94. The fourth-order valence-corrected chi connectivity index (χ4v) is 2.06. The molecule has 0 fully saturated rings. The normalized spacial score (nSPS) is 11.8. The minimum Gasteiger partial charge on any atom is -0.188 e. The molecule has 66 valence electrons. The van der Waals surface area contributed by atoms with Crippen LogP contribution in [0.25, 0.3) is 0 Å². The van der Waals surface area contributed by atoms with E-state index in [1.165, 1.54) is 18.2 Å². The van der Waals surface area contributed by atoms with Gasteiger partial charge in [-0.25, -0.2) is 0 Å². The number of hydrogen-bond acceptors (Lipinski definition) is 0. The highest BCUT2D eigenvalue weighted by atomic mass is 79.9. The van der Waals surface area contributed by atoms with Gasteiger partial charge in [-0.15, -0.1) is 0 Å². The first-order chi connectivity index (χ1) is 5.43. The zero-order valence-electron chi connectivity index (χ0n) is 5.62. The van der Waals surface area contributed by atoms with Crippen LogP contribution in [-0.2, 0) is 4.83 Å². The second-order valence-electron chi connectivity index (χ2n) is 2.09. The quantitative estimate of drug-likeness (QED) is 0.665. The summed E-state index contributed by atoms with van der Waals surface area (Å²) in [4.78, 5) is -3.18. The van der Waals surface area contributed by atoms with Crippen molar-refractivity contribution in [2.24, 2.45) is 0 Å². The average Bonchev–Trinajstić information content (AvgIpc) is 1.82. The van der Waals surface area contributed by atoms with Crippen molar-refractivity contribution in [2.75, 3.05) is 0 Å². The van der Waals surface area contributed by atoms with Crippen LogP contribution in [0.15, 0.2) is 18.2 Å². The first kappa shape index (κ1) is 10.2. The van der Waals surface area contributed by atoms with Crippen LogP contribution in [0.2, 0.25) is 10.0 Å². The van der Waals surface area contributed by atoms with Crippen molar-refractivity contribution in [3.8, 4) is 0 Å². The number of halogens is 5. The highest BCUT2D eigenvalue weighted by Crippen LogP contribution is 2.42. The fourth-order valence-electron chi connectivity index (χ4n) is 0.769. The number of alkyl halides is 3. The third-order valence-electron chi connectivity index (χ3n) is 1.25. The third kappa shape index (κ3) is 2.09. The number of rotatable bonds is 1. The summed E-state index contributed by atoms with van der Waals surface area (Å²) in [5, 5.41) is -0.103. The second-order valence-corrected chi connectivity index (χ2v) is 3.90. The van der Waals surface area contributed by atoms with Crippen molar-refractivity contribution >= 4 is 39.1 Å². The van der Waals surface area contributed by atoms with Crippen LogP contribution in [0.1, 0.15) is 5.56 Å². The molecule has 0 amide bonds. The van der Waals surface area contributed by atoms with Crippen molar-refractivity contribution in [3.05, 3.63) is 33.8 Å². The van der Waals surface area contributed by atoms with Gasteiger partial charge in [0.2, 0.25) is 0 Å². The fraction of sp³-hybridized carbons (Fsp3) is 0.143. The lowest BCUT2D eigenvalue weighted by molar-refractivity contribution is 0.115. The van der Waals surface area contributed by atoms with E-state index < -0.39 is 10.4 Å². The first-order valence-corrected chi connectivity index (χ1v) is 4.49. The van der Waals surface area contributed by atoms with Crippen molar-refractivity contribution in [3.63, 3.8) is 0 Å². The van der Waals surface area contributed by atoms with E-state index in [0.29, 0.717) is 0 Å². The maximum Gasteiger partial charge on any atom is 0.329 e. The Balaban J connectivity index is 3.31. The molecule has 0 aliphatic heterocycles. The minimum atomic E-state index is -3.18. The molecule has 0 saturated heterocycles. The van der Waals surface area contributed by atoms with Gasteiger partial charge in [-0.3, -0.25) is 0 Å². The van der Waals surface area contributed by atoms with Crippen LogP contribution in [0.3, 0.4) is 0 Å². The van der Waals surface area contributed by atoms with Gasteiger partial charge in [-0.2, -0.15) is 8.78 Å². The predicted molar refractivity (Wildman–Crippen MR) is 49.3 cm³/mol. The van der Waals surface area contributed by atoms with Crippen LogP contribution < -0.4 is 0 Å². The Hall–Kier alpha value is 0.140. The van der Waals surface area contributed by atoms with E-state index in [9.17, 15) is 8.78 Å². The molecule has 1 aromatic carbocycles. The van der Waals surface area contributed by atoms with Crippen LogP contribution in [0.5, 0.6) is 0 Å². The lowest BCUT2D eigenvalue weighted by atomic mass is 10.2. The molecule has 1 rings (SSSR count). The van der Waals surface area contributed by atoms with Crippen molar-refractivity contribution in [2.45, 2.75) is 4.83 Å². The Morgan fingerprint density at radius 2 is 1.58 bits per heavy atom. The van der Waals surface area contributed by atoms with Gasteiger partial charge in [-0.1, -0.05) is 29.3 Å². The molecule has 0 nitrogen and oxygen atoms in total. The Morgan fingerprint density at radius 1 is 1.17 bits per heavy atom. The number of benzene rings is 1. The molecular weight excluding hydrogens is 273 g/mol. The monoisotopic (exact) mass is 274 g/mol. The molecule has 0 radical (unpaired) electrons. The van der Waals surface area contributed by atoms with Gasteiger partial charge >= 0.3 is 4.83 Å². The van der Waals surface area contributed by atoms with E-state index in [-0.39, 0.29) is 10.0 Å². The standard InChI is InChI=1S/C7H3BrCl2F2/c8-7(11,12)6-4(9)2-1-3-5(6)10/h1-3H. The van der Waals surface area contributed by atoms with E-state index >= 15 is 0 Å². The highest BCUT2D eigenvalue weighted by molar-refractivity contribution is 9.09. The maximum atomic E-state index is 12.7. The molecule has 0 aliphatic rings. The molecule has 1 aromatic rings. The van der Waals surface area contributed by atoms with Gasteiger partial charge in [0.25, 0.3) is 0 Å². The summed E-state index contributed by atoms with van der Waals surface area (Å²) in [6, 6.07) is 4.22. The molecule has 0 aromatic heterocycles. The number of hydrogen-bond donors (Lipinski definition) is 0. The smallest absolute Gasteiger partial charge is 0.188 e. The molecule has 0 saturated carbocycles. The van der Waals surface area contributed by atoms with E-state index in [2.05, 4.69) is 15.9 Å². The molecular formula is C7H3BrCl2F2. The van der Waals surface area contributed by atoms with Crippen molar-refractivity contribution < 1.29 is 8.78 Å². The van der Waals surface area contributed by atoms with E-state index in [4.69, 9.17) is 23.2 Å². The Kier molecular flexibility index (Phi) is 2.97. The predicted octanol–water partition coefficient (Wildman–Crippen LogP) is 4.44. The molecule has 0 heterocycles. The SMILES string of the molecule is FC(F)(Br)c1c(Cl)cccc1Cl. The van der Waals surface area contributed by atoms with Gasteiger partial charge in [0.05, 0.1) is 15.6 Å². The van der Waals surface area contributed by atoms with Crippen LogP contribution in [0.4, 0.5) is 8.78 Å². The van der Waals surface area contributed by atoms with Crippen LogP contribution >= 0.6 is 39.1 Å². The molecule has 0 N–H and O–H groups in total. The second kappa shape index (κ2) is 3.48. The van der Waals surface area contributed by atoms with Crippen molar-refractivity contribution in [1.82, 2.24) is 0 Å². The van der Waals surface area contributed by atoms with Crippen LogP contribution in [-0.4, -0.2) is 0 Å². The Labute approximate surface area is 86.6 Å². The highest BCUT2D eigenvalue weighted by Gasteiger charge is 2.32. The Morgan fingerprint density at radius 3 is 1.83 bits per heavy atom.